The van der Waals surface area contributed by atoms with E-state index in [9.17, 15) is 13.2 Å². The van der Waals surface area contributed by atoms with Gasteiger partial charge in [-0.2, -0.15) is 0 Å². The van der Waals surface area contributed by atoms with Crippen LogP contribution in [-0.2, 0) is 19.4 Å². The molecular weight excluding hydrogens is 254 g/mol. The SMILES string of the molecule is COC(C)C(=O)Nc1cc(S(C)(=O)=O)ccc1C. The fourth-order valence-corrected chi connectivity index (χ4v) is 1.95. The van der Waals surface area contributed by atoms with Gasteiger partial charge < -0.3 is 10.1 Å². The van der Waals surface area contributed by atoms with Crippen molar-refractivity contribution >= 4 is 21.4 Å². The van der Waals surface area contributed by atoms with E-state index in [1.807, 2.05) is 0 Å². The number of amides is 1. The Bertz CT molecular complexity index is 551. The van der Waals surface area contributed by atoms with E-state index >= 15 is 0 Å². The molecule has 0 aromatic heterocycles. The minimum Gasteiger partial charge on any atom is -0.372 e. The van der Waals surface area contributed by atoms with Gasteiger partial charge in [-0.05, 0) is 31.5 Å². The monoisotopic (exact) mass is 271 g/mol. The Balaban J connectivity index is 3.06. The molecule has 0 fully saturated rings. The van der Waals surface area contributed by atoms with Gasteiger partial charge in [0.25, 0.3) is 5.91 Å². The van der Waals surface area contributed by atoms with E-state index in [1.165, 1.54) is 19.2 Å². The molecule has 0 heterocycles. The van der Waals surface area contributed by atoms with Gasteiger partial charge in [-0.1, -0.05) is 6.07 Å². The van der Waals surface area contributed by atoms with Crippen molar-refractivity contribution in [2.75, 3.05) is 18.7 Å². The number of rotatable bonds is 4. The maximum absolute atomic E-state index is 11.7. The van der Waals surface area contributed by atoms with Crippen LogP contribution in [-0.4, -0.2) is 33.8 Å². The van der Waals surface area contributed by atoms with Crippen molar-refractivity contribution in [3.63, 3.8) is 0 Å². The number of hydrogen-bond acceptors (Lipinski definition) is 4. The number of nitrogens with one attached hydrogen (secondary N) is 1. The van der Waals surface area contributed by atoms with E-state index in [0.717, 1.165) is 11.8 Å². The van der Waals surface area contributed by atoms with Gasteiger partial charge in [0.05, 0.1) is 4.90 Å². The Morgan fingerprint density at radius 1 is 1.39 bits per heavy atom. The third-order valence-corrected chi connectivity index (χ3v) is 3.73. The predicted molar refractivity (Wildman–Crippen MR) is 69.4 cm³/mol. The minimum absolute atomic E-state index is 0.175. The highest BCUT2D eigenvalue weighted by Gasteiger charge is 2.15. The number of aryl methyl sites for hydroxylation is 1. The predicted octanol–water partition coefficient (Wildman–Crippen LogP) is 1.37. The lowest BCUT2D eigenvalue weighted by atomic mass is 10.2. The summed E-state index contributed by atoms with van der Waals surface area (Å²) >= 11 is 0. The maximum atomic E-state index is 11.7. The summed E-state index contributed by atoms with van der Waals surface area (Å²) < 4.78 is 27.8. The van der Waals surface area contributed by atoms with Crippen molar-refractivity contribution in [1.29, 1.82) is 0 Å². The maximum Gasteiger partial charge on any atom is 0.253 e. The summed E-state index contributed by atoms with van der Waals surface area (Å²) in [5.41, 5.74) is 1.27. The van der Waals surface area contributed by atoms with E-state index in [1.54, 1.807) is 19.9 Å². The molecule has 0 aliphatic carbocycles. The first-order chi connectivity index (χ1) is 8.25. The molecule has 18 heavy (non-hydrogen) atoms. The highest BCUT2D eigenvalue weighted by atomic mass is 32.2. The van der Waals surface area contributed by atoms with Crippen molar-refractivity contribution in [3.05, 3.63) is 23.8 Å². The molecule has 0 radical (unpaired) electrons. The number of benzene rings is 1. The van der Waals surface area contributed by atoms with Gasteiger partial charge in [-0.15, -0.1) is 0 Å². The molecule has 6 heteroatoms. The number of methoxy groups -OCH3 is 1. The molecule has 0 aliphatic rings. The quantitative estimate of drug-likeness (QED) is 0.897. The summed E-state index contributed by atoms with van der Waals surface area (Å²) in [6.45, 7) is 3.41. The molecule has 1 amide bonds. The molecule has 1 rings (SSSR count). The van der Waals surface area contributed by atoms with Crippen molar-refractivity contribution < 1.29 is 17.9 Å². The minimum atomic E-state index is -3.29. The number of hydrogen-bond donors (Lipinski definition) is 1. The van der Waals surface area contributed by atoms with Crippen molar-refractivity contribution in [2.45, 2.75) is 24.8 Å². The second kappa shape index (κ2) is 5.49. The highest BCUT2D eigenvalue weighted by Crippen LogP contribution is 2.20. The molecule has 5 nitrogen and oxygen atoms in total. The van der Waals surface area contributed by atoms with Gasteiger partial charge in [-0.25, -0.2) is 8.42 Å². The van der Waals surface area contributed by atoms with Crippen LogP contribution in [0.2, 0.25) is 0 Å². The topological polar surface area (TPSA) is 72.5 Å². The number of carbonyl (C=O) groups is 1. The average molecular weight is 271 g/mol. The Morgan fingerprint density at radius 3 is 2.50 bits per heavy atom. The number of anilines is 1. The van der Waals surface area contributed by atoms with Crippen molar-refractivity contribution in [3.8, 4) is 0 Å². The molecule has 1 aromatic carbocycles. The molecule has 1 unspecified atom stereocenters. The first-order valence-corrected chi connectivity index (χ1v) is 7.29. The van der Waals surface area contributed by atoms with Crippen LogP contribution in [0.1, 0.15) is 12.5 Å². The lowest BCUT2D eigenvalue weighted by molar-refractivity contribution is -0.124. The molecule has 0 bridgehead atoms. The van der Waals surface area contributed by atoms with Crippen LogP contribution in [0.4, 0.5) is 5.69 Å². The average Bonchev–Trinajstić information content (AvgIpc) is 2.29. The fourth-order valence-electron chi connectivity index (χ4n) is 1.31. The van der Waals surface area contributed by atoms with Crippen LogP contribution in [0.15, 0.2) is 23.1 Å². The van der Waals surface area contributed by atoms with Gasteiger partial charge in [0.2, 0.25) is 0 Å². The van der Waals surface area contributed by atoms with Crippen LogP contribution in [0.5, 0.6) is 0 Å². The smallest absolute Gasteiger partial charge is 0.253 e. The summed E-state index contributed by atoms with van der Waals surface area (Å²) in [5.74, 6) is -0.314. The lowest BCUT2D eigenvalue weighted by Gasteiger charge is -2.13. The molecule has 1 aromatic rings. The van der Waals surface area contributed by atoms with E-state index in [2.05, 4.69) is 5.32 Å². The van der Waals surface area contributed by atoms with E-state index in [4.69, 9.17) is 4.74 Å². The van der Waals surface area contributed by atoms with Crippen molar-refractivity contribution in [1.82, 2.24) is 0 Å². The van der Waals surface area contributed by atoms with Crippen LogP contribution >= 0.6 is 0 Å². The molecule has 1 N–H and O–H groups in total. The van der Waals surface area contributed by atoms with Crippen LogP contribution in [0.3, 0.4) is 0 Å². The Hall–Kier alpha value is -1.40. The van der Waals surface area contributed by atoms with Gasteiger partial charge >= 0.3 is 0 Å². The number of ether oxygens (including phenoxy) is 1. The third-order valence-electron chi connectivity index (χ3n) is 2.62. The van der Waals surface area contributed by atoms with Crippen LogP contribution in [0, 0.1) is 6.92 Å². The summed E-state index contributed by atoms with van der Waals surface area (Å²) in [7, 11) is -1.85. The number of carbonyl (C=O) groups excluding carboxylic acids is 1. The highest BCUT2D eigenvalue weighted by molar-refractivity contribution is 7.90. The summed E-state index contributed by atoms with van der Waals surface area (Å²) in [5, 5.41) is 2.64. The largest absolute Gasteiger partial charge is 0.372 e. The lowest BCUT2D eigenvalue weighted by Crippen LogP contribution is -2.26. The zero-order chi connectivity index (χ0) is 13.9. The molecule has 0 saturated heterocycles. The van der Waals surface area contributed by atoms with Gasteiger partial charge in [0.15, 0.2) is 9.84 Å². The molecule has 0 spiro atoms. The van der Waals surface area contributed by atoms with E-state index in [0.29, 0.717) is 5.69 Å². The third kappa shape index (κ3) is 3.54. The van der Waals surface area contributed by atoms with Crippen molar-refractivity contribution in [2.24, 2.45) is 0 Å². The van der Waals surface area contributed by atoms with Gasteiger partial charge in [-0.3, -0.25) is 4.79 Å². The Labute approximate surface area is 107 Å². The van der Waals surface area contributed by atoms with Crippen LogP contribution in [0.25, 0.3) is 0 Å². The molecular formula is C12H17NO4S. The summed E-state index contributed by atoms with van der Waals surface area (Å²) in [6, 6.07) is 4.62. The fraction of sp³-hybridized carbons (Fsp3) is 0.417. The van der Waals surface area contributed by atoms with Gasteiger partial charge in [0, 0.05) is 19.1 Å². The summed E-state index contributed by atoms with van der Waals surface area (Å²) in [4.78, 5) is 11.8. The first-order valence-electron chi connectivity index (χ1n) is 5.40. The molecule has 0 saturated carbocycles. The zero-order valence-corrected chi connectivity index (χ0v) is 11.7. The number of sulfone groups is 1. The zero-order valence-electron chi connectivity index (χ0n) is 10.9. The van der Waals surface area contributed by atoms with E-state index in [-0.39, 0.29) is 10.8 Å². The second-order valence-electron chi connectivity index (χ2n) is 4.12. The van der Waals surface area contributed by atoms with Crippen LogP contribution < -0.4 is 5.32 Å². The first kappa shape index (κ1) is 14.7. The normalized spacial score (nSPS) is 13.1. The Kier molecular flexibility index (Phi) is 4.48. The second-order valence-corrected chi connectivity index (χ2v) is 6.13. The molecule has 1 atom stereocenters. The summed E-state index contributed by atoms with van der Waals surface area (Å²) in [6.07, 6.45) is 0.535. The molecule has 0 aliphatic heterocycles. The standard InChI is InChI=1S/C12H17NO4S/c1-8-5-6-10(18(4,15)16)7-11(8)13-12(14)9(2)17-3/h5-7,9H,1-4H3,(H,13,14). The Morgan fingerprint density at radius 2 is 2.00 bits per heavy atom. The van der Waals surface area contributed by atoms with E-state index < -0.39 is 15.9 Å². The van der Waals surface area contributed by atoms with Gasteiger partial charge in [0.1, 0.15) is 6.10 Å². The molecule has 100 valence electrons.